The van der Waals surface area contributed by atoms with E-state index in [0.717, 1.165) is 10.2 Å². The lowest BCUT2D eigenvalue weighted by Gasteiger charge is -2.39. The van der Waals surface area contributed by atoms with E-state index in [2.05, 4.69) is 15.9 Å². The lowest BCUT2D eigenvalue weighted by molar-refractivity contribution is -0.124. The van der Waals surface area contributed by atoms with Gasteiger partial charge in [0.15, 0.2) is 0 Å². The molecule has 1 aliphatic heterocycles. The summed E-state index contributed by atoms with van der Waals surface area (Å²) in [4.78, 5) is 28.4. The van der Waals surface area contributed by atoms with E-state index in [9.17, 15) is 14.0 Å². The van der Waals surface area contributed by atoms with Gasteiger partial charge in [-0.3, -0.25) is 9.59 Å². The molecule has 124 valence electrons. The Morgan fingerprint density at radius 1 is 1.17 bits per heavy atom. The molecule has 1 fully saturated rings. The summed E-state index contributed by atoms with van der Waals surface area (Å²) in [6.07, 6.45) is 0. The predicted molar refractivity (Wildman–Crippen MR) is 93.4 cm³/mol. The van der Waals surface area contributed by atoms with Gasteiger partial charge in [-0.25, -0.2) is 4.39 Å². The maximum Gasteiger partial charge on any atom is 0.254 e. The molecule has 1 heterocycles. The van der Waals surface area contributed by atoms with Crippen LogP contribution in [0.1, 0.15) is 17.3 Å². The monoisotopic (exact) mass is 390 g/mol. The highest BCUT2D eigenvalue weighted by Gasteiger charge is 2.35. The molecule has 3 rings (SSSR count). The van der Waals surface area contributed by atoms with E-state index in [-0.39, 0.29) is 17.4 Å². The molecule has 0 aromatic heterocycles. The molecule has 2 aromatic carbocycles. The van der Waals surface area contributed by atoms with E-state index < -0.39 is 11.9 Å². The summed E-state index contributed by atoms with van der Waals surface area (Å²) >= 11 is 3.37. The second-order valence-corrected chi connectivity index (χ2v) is 6.57. The van der Waals surface area contributed by atoms with Crippen LogP contribution in [0, 0.1) is 5.82 Å². The van der Waals surface area contributed by atoms with Crippen LogP contribution in [0.3, 0.4) is 0 Å². The molecule has 0 spiro atoms. The van der Waals surface area contributed by atoms with E-state index in [1.54, 1.807) is 17.9 Å². The van der Waals surface area contributed by atoms with Gasteiger partial charge < -0.3 is 9.80 Å². The molecule has 24 heavy (non-hydrogen) atoms. The summed E-state index contributed by atoms with van der Waals surface area (Å²) in [6.45, 7) is 2.51. The normalized spacial score (nSPS) is 18.0. The fourth-order valence-corrected chi connectivity index (χ4v) is 3.08. The molecule has 2 amide bonds. The van der Waals surface area contributed by atoms with Crippen LogP contribution in [0.5, 0.6) is 0 Å². The first-order valence-electron chi connectivity index (χ1n) is 7.61. The third-order valence-corrected chi connectivity index (χ3v) is 4.65. The van der Waals surface area contributed by atoms with E-state index in [1.165, 1.54) is 23.1 Å². The molecule has 1 saturated heterocycles. The second kappa shape index (κ2) is 6.73. The molecule has 0 saturated carbocycles. The van der Waals surface area contributed by atoms with Crippen LogP contribution in [0.2, 0.25) is 0 Å². The van der Waals surface area contributed by atoms with E-state index >= 15 is 0 Å². The zero-order valence-corrected chi connectivity index (χ0v) is 14.7. The molecular formula is C18H16BrFN2O2. The van der Waals surface area contributed by atoms with E-state index in [4.69, 9.17) is 0 Å². The standard InChI is InChI=1S/C18H16BrFN2O2/c1-12-17(23)22(16-7-5-14(19)6-8-16)10-9-21(12)18(24)13-3-2-4-15(20)11-13/h2-8,11-12H,9-10H2,1H3/t12-/m1/s1. The summed E-state index contributed by atoms with van der Waals surface area (Å²) in [7, 11) is 0. The first-order valence-corrected chi connectivity index (χ1v) is 8.40. The van der Waals surface area contributed by atoms with Crippen molar-refractivity contribution in [2.24, 2.45) is 0 Å². The van der Waals surface area contributed by atoms with Gasteiger partial charge in [0, 0.05) is 28.8 Å². The summed E-state index contributed by atoms with van der Waals surface area (Å²) < 4.78 is 14.3. The van der Waals surface area contributed by atoms with Crippen LogP contribution in [0.4, 0.5) is 10.1 Å². The number of carbonyl (C=O) groups is 2. The highest BCUT2D eigenvalue weighted by Crippen LogP contribution is 2.23. The second-order valence-electron chi connectivity index (χ2n) is 5.65. The van der Waals surface area contributed by atoms with Crippen LogP contribution in [0.25, 0.3) is 0 Å². The van der Waals surface area contributed by atoms with Gasteiger partial charge in [-0.15, -0.1) is 0 Å². The molecule has 1 aliphatic rings. The lowest BCUT2D eigenvalue weighted by atomic mass is 10.1. The van der Waals surface area contributed by atoms with Crippen molar-refractivity contribution in [1.82, 2.24) is 4.90 Å². The van der Waals surface area contributed by atoms with E-state index in [1.807, 2.05) is 24.3 Å². The topological polar surface area (TPSA) is 40.6 Å². The summed E-state index contributed by atoms with van der Waals surface area (Å²) in [5, 5.41) is 0. The van der Waals surface area contributed by atoms with Crippen molar-refractivity contribution in [2.45, 2.75) is 13.0 Å². The first-order chi connectivity index (χ1) is 11.5. The fraction of sp³-hybridized carbons (Fsp3) is 0.222. The summed E-state index contributed by atoms with van der Waals surface area (Å²) in [6, 6.07) is 12.4. The molecule has 0 radical (unpaired) electrons. The smallest absolute Gasteiger partial charge is 0.254 e. The molecule has 1 atom stereocenters. The molecule has 4 nitrogen and oxygen atoms in total. The minimum absolute atomic E-state index is 0.145. The maximum atomic E-state index is 13.3. The lowest BCUT2D eigenvalue weighted by Crippen LogP contribution is -2.57. The Morgan fingerprint density at radius 3 is 2.54 bits per heavy atom. The number of piperazine rings is 1. The van der Waals surface area contributed by atoms with Crippen LogP contribution in [0.15, 0.2) is 53.0 Å². The van der Waals surface area contributed by atoms with Crippen molar-refractivity contribution in [3.63, 3.8) is 0 Å². The van der Waals surface area contributed by atoms with Gasteiger partial charge in [-0.05, 0) is 49.4 Å². The minimum atomic E-state index is -0.599. The Balaban J connectivity index is 1.79. The summed E-state index contributed by atoms with van der Waals surface area (Å²) in [5.74, 6) is -0.938. The number of carbonyl (C=O) groups excluding carboxylic acids is 2. The average molecular weight is 391 g/mol. The molecule has 2 aromatic rings. The van der Waals surface area contributed by atoms with Crippen LogP contribution in [-0.4, -0.2) is 35.8 Å². The SMILES string of the molecule is C[C@@H]1C(=O)N(c2ccc(Br)cc2)CCN1C(=O)c1cccc(F)c1. The number of hydrogen-bond donors (Lipinski definition) is 0. The number of halogens is 2. The van der Waals surface area contributed by atoms with Gasteiger partial charge in [-0.1, -0.05) is 22.0 Å². The predicted octanol–water partition coefficient (Wildman–Crippen LogP) is 3.47. The molecular weight excluding hydrogens is 375 g/mol. The van der Waals surface area contributed by atoms with Crippen molar-refractivity contribution < 1.29 is 14.0 Å². The average Bonchev–Trinajstić information content (AvgIpc) is 2.58. The van der Waals surface area contributed by atoms with Gasteiger partial charge in [0.2, 0.25) is 5.91 Å². The number of rotatable bonds is 2. The molecule has 0 N–H and O–H groups in total. The zero-order valence-electron chi connectivity index (χ0n) is 13.1. The van der Waals surface area contributed by atoms with Crippen molar-refractivity contribution >= 4 is 33.4 Å². The van der Waals surface area contributed by atoms with Crippen LogP contribution in [-0.2, 0) is 4.79 Å². The number of amides is 2. The number of hydrogen-bond acceptors (Lipinski definition) is 2. The Morgan fingerprint density at radius 2 is 1.88 bits per heavy atom. The van der Waals surface area contributed by atoms with Gasteiger partial charge in [0.25, 0.3) is 5.91 Å². The number of anilines is 1. The van der Waals surface area contributed by atoms with Crippen molar-refractivity contribution in [3.8, 4) is 0 Å². The number of nitrogens with zero attached hydrogens (tertiary/aromatic N) is 2. The quantitative estimate of drug-likeness (QED) is 0.787. The highest BCUT2D eigenvalue weighted by atomic mass is 79.9. The number of benzene rings is 2. The maximum absolute atomic E-state index is 13.3. The van der Waals surface area contributed by atoms with Crippen molar-refractivity contribution in [2.75, 3.05) is 18.0 Å². The van der Waals surface area contributed by atoms with Crippen LogP contribution >= 0.6 is 15.9 Å². The van der Waals surface area contributed by atoms with Crippen molar-refractivity contribution in [1.29, 1.82) is 0 Å². The Kier molecular flexibility index (Phi) is 4.66. The van der Waals surface area contributed by atoms with Crippen LogP contribution < -0.4 is 4.90 Å². The van der Waals surface area contributed by atoms with Gasteiger partial charge >= 0.3 is 0 Å². The largest absolute Gasteiger partial charge is 0.325 e. The third kappa shape index (κ3) is 3.19. The Labute approximate surface area is 148 Å². The molecule has 6 heteroatoms. The van der Waals surface area contributed by atoms with Gasteiger partial charge in [0.05, 0.1) is 0 Å². The van der Waals surface area contributed by atoms with E-state index in [0.29, 0.717) is 13.1 Å². The third-order valence-electron chi connectivity index (χ3n) is 4.13. The fourth-order valence-electron chi connectivity index (χ4n) is 2.81. The molecule has 0 bridgehead atoms. The first kappa shape index (κ1) is 16.6. The Hall–Kier alpha value is -2.21. The summed E-state index contributed by atoms with van der Waals surface area (Å²) in [5.41, 5.74) is 1.06. The zero-order chi connectivity index (χ0) is 17.3. The molecule has 0 unspecified atom stereocenters. The Bertz CT molecular complexity index is 779. The van der Waals surface area contributed by atoms with Crippen molar-refractivity contribution in [3.05, 3.63) is 64.4 Å². The van der Waals surface area contributed by atoms with Gasteiger partial charge in [0.1, 0.15) is 11.9 Å². The van der Waals surface area contributed by atoms with Gasteiger partial charge in [-0.2, -0.15) is 0 Å². The minimum Gasteiger partial charge on any atom is -0.325 e. The highest BCUT2D eigenvalue weighted by molar-refractivity contribution is 9.10. The molecule has 0 aliphatic carbocycles.